The van der Waals surface area contributed by atoms with Gasteiger partial charge in [0.25, 0.3) is 0 Å². The monoisotopic (exact) mass is 678 g/mol. The van der Waals surface area contributed by atoms with Crippen molar-refractivity contribution in [3.63, 3.8) is 0 Å². The lowest BCUT2D eigenvalue weighted by molar-refractivity contribution is -0.889. The molecule has 0 rings (SSSR count). The van der Waals surface area contributed by atoms with E-state index in [9.17, 15) is 19.5 Å². The van der Waals surface area contributed by atoms with Gasteiger partial charge in [0.1, 0.15) is 12.6 Å². The summed E-state index contributed by atoms with van der Waals surface area (Å²) < 4.78 is 17.0. The van der Waals surface area contributed by atoms with Crippen molar-refractivity contribution in [3.8, 4) is 0 Å². The van der Waals surface area contributed by atoms with Crippen LogP contribution in [0.25, 0.3) is 0 Å². The van der Waals surface area contributed by atoms with Gasteiger partial charge in [-0.05, 0) is 64.2 Å². The summed E-state index contributed by atoms with van der Waals surface area (Å²) in [6.45, 7) is 4.48. The average Bonchev–Trinajstić information content (AvgIpc) is 3.03. The highest BCUT2D eigenvalue weighted by atomic mass is 16.6. The van der Waals surface area contributed by atoms with E-state index in [2.05, 4.69) is 50.3 Å². The first kappa shape index (κ1) is 45.6. The van der Waals surface area contributed by atoms with Gasteiger partial charge < -0.3 is 28.6 Å². The van der Waals surface area contributed by atoms with Gasteiger partial charge in [0, 0.05) is 19.3 Å². The number of carboxylic acid groups (broad SMARTS) is 1. The van der Waals surface area contributed by atoms with Gasteiger partial charge in [-0.3, -0.25) is 9.59 Å². The van der Waals surface area contributed by atoms with Gasteiger partial charge >= 0.3 is 11.9 Å². The van der Waals surface area contributed by atoms with Gasteiger partial charge in [-0.25, -0.2) is 0 Å². The first-order chi connectivity index (χ1) is 23.1. The Hall–Kier alpha value is -2.45. The summed E-state index contributed by atoms with van der Waals surface area (Å²) in [6.07, 6.45) is 33.1. The Balaban J connectivity index is 4.46. The number of allylic oxidation sites excluding steroid dienone is 6. The maximum absolute atomic E-state index is 12.6. The van der Waals surface area contributed by atoms with Crippen molar-refractivity contribution in [2.75, 3.05) is 41.0 Å². The molecule has 0 bridgehead atoms. The number of esters is 2. The summed E-state index contributed by atoms with van der Waals surface area (Å²) in [5.74, 6) is -1.77. The van der Waals surface area contributed by atoms with Gasteiger partial charge in [0.2, 0.25) is 0 Å². The molecule has 0 amide bonds. The summed E-state index contributed by atoms with van der Waals surface area (Å²) in [5.41, 5.74) is 0. The molecule has 8 heteroatoms. The minimum absolute atomic E-state index is 0.0330. The van der Waals surface area contributed by atoms with Crippen LogP contribution in [0.1, 0.15) is 149 Å². The van der Waals surface area contributed by atoms with E-state index in [0.717, 1.165) is 83.5 Å². The largest absolute Gasteiger partial charge is 0.544 e. The molecule has 48 heavy (non-hydrogen) atoms. The number of unbranched alkanes of at least 4 members (excludes halogenated alkanes) is 13. The maximum atomic E-state index is 12.6. The highest BCUT2D eigenvalue weighted by molar-refractivity contribution is 5.70. The summed E-state index contributed by atoms with van der Waals surface area (Å²) in [7, 11) is 5.38. The lowest BCUT2D eigenvalue weighted by Crippen LogP contribution is -2.55. The Kier molecular flexibility index (Phi) is 30.2. The molecule has 8 nitrogen and oxygen atoms in total. The minimum Gasteiger partial charge on any atom is -0.544 e. The van der Waals surface area contributed by atoms with Gasteiger partial charge in [-0.2, -0.15) is 0 Å². The van der Waals surface area contributed by atoms with Crippen LogP contribution in [0.5, 0.6) is 0 Å². The van der Waals surface area contributed by atoms with Crippen LogP contribution in [-0.4, -0.2) is 75.5 Å². The van der Waals surface area contributed by atoms with Crippen LogP contribution in [0.15, 0.2) is 36.5 Å². The molecule has 0 aliphatic heterocycles. The van der Waals surface area contributed by atoms with Gasteiger partial charge in [-0.1, -0.05) is 102 Å². The minimum atomic E-state index is -1.13. The number of likely N-dealkylation sites (N-methyl/N-ethyl adjacent to an activating group) is 1. The molecule has 0 aromatic heterocycles. The Morgan fingerprint density at radius 3 is 1.73 bits per heavy atom. The van der Waals surface area contributed by atoms with E-state index in [1.807, 2.05) is 0 Å². The van der Waals surface area contributed by atoms with Gasteiger partial charge in [0.15, 0.2) is 6.10 Å². The summed E-state index contributed by atoms with van der Waals surface area (Å²) >= 11 is 0. The fourth-order valence-corrected chi connectivity index (χ4v) is 5.28. The van der Waals surface area contributed by atoms with E-state index in [4.69, 9.17) is 14.2 Å². The quantitative estimate of drug-likeness (QED) is 0.0299. The Labute approximate surface area is 293 Å². The third-order valence-electron chi connectivity index (χ3n) is 8.26. The molecule has 278 valence electrons. The van der Waals surface area contributed by atoms with E-state index in [1.165, 1.54) is 32.1 Å². The van der Waals surface area contributed by atoms with Crippen LogP contribution in [0.3, 0.4) is 0 Å². The third kappa shape index (κ3) is 29.7. The molecule has 0 aliphatic rings. The van der Waals surface area contributed by atoms with Crippen LogP contribution in [0.2, 0.25) is 0 Å². The van der Waals surface area contributed by atoms with E-state index in [-0.39, 0.29) is 42.7 Å². The zero-order chi connectivity index (χ0) is 35.7. The number of carbonyl (C=O) groups is 3. The standard InChI is InChI=1S/C40H71NO7/c1-6-8-10-12-14-16-18-20-22-24-26-28-30-38(42)47-35-36(34-46-33-32-37(40(44)45)41(3,4)5)48-39(43)31-29-27-25-23-21-19-17-15-13-11-9-7-2/h8,10,14-17,36-37H,6-7,9,11-13,18-35H2,1-5H3/b10-8+,16-14+,17-15+. The maximum Gasteiger partial charge on any atom is 0.306 e. The fraction of sp³-hybridized carbons (Fsp3) is 0.775. The second-order valence-electron chi connectivity index (χ2n) is 13.8. The molecule has 0 saturated carbocycles. The molecule has 0 saturated heterocycles. The predicted octanol–water partition coefficient (Wildman–Crippen LogP) is 8.18. The van der Waals surface area contributed by atoms with E-state index in [1.54, 1.807) is 21.1 Å². The number of hydrogen-bond acceptors (Lipinski definition) is 7. The van der Waals surface area contributed by atoms with E-state index in [0.29, 0.717) is 12.8 Å². The third-order valence-corrected chi connectivity index (χ3v) is 8.26. The van der Waals surface area contributed by atoms with Crippen molar-refractivity contribution >= 4 is 17.9 Å². The van der Waals surface area contributed by atoms with Crippen LogP contribution < -0.4 is 5.11 Å². The van der Waals surface area contributed by atoms with Crippen molar-refractivity contribution in [1.29, 1.82) is 0 Å². The topological polar surface area (TPSA) is 102 Å². The number of aliphatic carboxylic acids is 1. The zero-order valence-electron chi connectivity index (χ0n) is 31.4. The molecule has 0 N–H and O–H groups in total. The Bertz CT molecular complexity index is 891. The van der Waals surface area contributed by atoms with Crippen LogP contribution in [0.4, 0.5) is 0 Å². The number of carbonyl (C=O) groups excluding carboxylic acids is 3. The first-order valence-electron chi connectivity index (χ1n) is 19.0. The van der Waals surface area contributed by atoms with Gasteiger partial charge in [0.05, 0.1) is 40.3 Å². The smallest absolute Gasteiger partial charge is 0.306 e. The van der Waals surface area contributed by atoms with Crippen molar-refractivity contribution < 1.29 is 38.2 Å². The summed E-state index contributed by atoms with van der Waals surface area (Å²) in [6, 6.07) is -0.727. The highest BCUT2D eigenvalue weighted by Gasteiger charge is 2.25. The molecule has 0 heterocycles. The van der Waals surface area contributed by atoms with Gasteiger partial charge in [-0.15, -0.1) is 0 Å². The lowest BCUT2D eigenvalue weighted by atomic mass is 10.1. The molecular weight excluding hydrogens is 606 g/mol. The number of nitrogens with zero attached hydrogens (tertiary/aromatic N) is 1. The number of ether oxygens (including phenoxy) is 3. The van der Waals surface area contributed by atoms with Crippen molar-refractivity contribution in [1.82, 2.24) is 0 Å². The van der Waals surface area contributed by atoms with E-state index < -0.39 is 18.1 Å². The molecular formula is C40H71NO7. The van der Waals surface area contributed by atoms with Crippen molar-refractivity contribution in [2.24, 2.45) is 0 Å². The van der Waals surface area contributed by atoms with Crippen molar-refractivity contribution in [3.05, 3.63) is 36.5 Å². The predicted molar refractivity (Wildman–Crippen MR) is 194 cm³/mol. The lowest BCUT2D eigenvalue weighted by Gasteiger charge is -2.34. The molecule has 0 aliphatic carbocycles. The molecule has 0 aromatic carbocycles. The molecule has 0 aromatic rings. The Morgan fingerprint density at radius 2 is 1.17 bits per heavy atom. The number of rotatable bonds is 33. The summed E-state index contributed by atoms with van der Waals surface area (Å²) in [4.78, 5) is 36.6. The van der Waals surface area contributed by atoms with Crippen LogP contribution in [0, 0.1) is 0 Å². The van der Waals surface area contributed by atoms with Crippen LogP contribution in [-0.2, 0) is 28.6 Å². The number of quaternary nitrogens is 1. The molecule has 2 atom stereocenters. The Morgan fingerprint density at radius 1 is 0.646 bits per heavy atom. The average molecular weight is 678 g/mol. The normalized spacial score (nSPS) is 13.4. The molecule has 0 spiro atoms. The first-order valence-corrected chi connectivity index (χ1v) is 19.0. The number of carboxylic acids is 1. The highest BCUT2D eigenvalue weighted by Crippen LogP contribution is 2.12. The summed E-state index contributed by atoms with van der Waals surface area (Å²) in [5, 5.41) is 11.6. The van der Waals surface area contributed by atoms with Crippen LogP contribution >= 0.6 is 0 Å². The fourth-order valence-electron chi connectivity index (χ4n) is 5.28. The molecule has 0 radical (unpaired) electrons. The molecule has 0 fully saturated rings. The second kappa shape index (κ2) is 31.8. The SMILES string of the molecule is CC/C=C/C/C=C/CCCCCCCC(=O)OCC(COCCC(C(=O)[O-])[N+](C)(C)C)OC(=O)CCCCCCC/C=C/CCCCC. The van der Waals surface area contributed by atoms with E-state index >= 15 is 0 Å². The van der Waals surface area contributed by atoms with Crippen molar-refractivity contribution in [2.45, 2.75) is 161 Å². The number of hydrogen-bond donors (Lipinski definition) is 0. The molecule has 2 unspecified atom stereocenters. The second-order valence-corrected chi connectivity index (χ2v) is 13.8. The zero-order valence-corrected chi connectivity index (χ0v) is 31.4.